The highest BCUT2D eigenvalue weighted by molar-refractivity contribution is 5.92. The summed E-state index contributed by atoms with van der Waals surface area (Å²) in [6.45, 7) is 4.44. The number of carbonyl (C=O) groups is 2. The van der Waals surface area contributed by atoms with Gasteiger partial charge in [-0.1, -0.05) is 37.3 Å². The maximum atomic E-state index is 12.5. The molecule has 0 N–H and O–H groups in total. The molecule has 0 atom stereocenters. The first-order chi connectivity index (χ1) is 12.7. The summed E-state index contributed by atoms with van der Waals surface area (Å²) in [6.07, 6.45) is 3.93. The summed E-state index contributed by atoms with van der Waals surface area (Å²) in [7, 11) is 0. The average molecular weight is 351 g/mol. The molecule has 5 nitrogen and oxygen atoms in total. The number of pyridine rings is 1. The first-order valence-electron chi connectivity index (χ1n) is 9.23. The lowest BCUT2D eigenvalue weighted by molar-refractivity contribution is -0.132. The van der Waals surface area contributed by atoms with Gasteiger partial charge in [-0.3, -0.25) is 14.6 Å². The van der Waals surface area contributed by atoms with Gasteiger partial charge in [-0.2, -0.15) is 0 Å². The zero-order valence-electron chi connectivity index (χ0n) is 15.2. The van der Waals surface area contributed by atoms with Crippen molar-refractivity contribution in [2.45, 2.75) is 26.2 Å². The number of amides is 2. The van der Waals surface area contributed by atoms with Crippen molar-refractivity contribution in [3.63, 3.8) is 0 Å². The van der Waals surface area contributed by atoms with Crippen LogP contribution in [-0.4, -0.2) is 52.8 Å². The quantitative estimate of drug-likeness (QED) is 0.832. The molecule has 0 radical (unpaired) electrons. The third-order valence-corrected chi connectivity index (χ3v) is 4.86. The molecule has 3 rings (SSSR count). The molecule has 1 fully saturated rings. The topological polar surface area (TPSA) is 53.5 Å². The largest absolute Gasteiger partial charge is 0.339 e. The van der Waals surface area contributed by atoms with Crippen molar-refractivity contribution in [2.24, 2.45) is 0 Å². The number of aromatic nitrogens is 1. The molecule has 5 heteroatoms. The van der Waals surface area contributed by atoms with E-state index in [4.69, 9.17) is 0 Å². The van der Waals surface area contributed by atoms with E-state index in [1.54, 1.807) is 23.2 Å². The van der Waals surface area contributed by atoms with Crippen LogP contribution in [0.3, 0.4) is 0 Å². The highest BCUT2D eigenvalue weighted by atomic mass is 16.2. The van der Waals surface area contributed by atoms with E-state index in [2.05, 4.69) is 36.2 Å². The smallest absolute Gasteiger partial charge is 0.272 e. The molecule has 136 valence electrons. The van der Waals surface area contributed by atoms with E-state index < -0.39 is 0 Å². The van der Waals surface area contributed by atoms with Crippen molar-refractivity contribution in [1.82, 2.24) is 14.8 Å². The Morgan fingerprint density at radius 3 is 2.19 bits per heavy atom. The minimum atomic E-state index is -0.0614. The molecule has 0 unspecified atom stereocenters. The molecule has 0 bridgehead atoms. The van der Waals surface area contributed by atoms with Gasteiger partial charge in [0, 0.05) is 38.8 Å². The van der Waals surface area contributed by atoms with Crippen LogP contribution in [0.2, 0.25) is 0 Å². The second-order valence-corrected chi connectivity index (χ2v) is 6.56. The third-order valence-electron chi connectivity index (χ3n) is 4.86. The normalized spacial score (nSPS) is 14.3. The van der Waals surface area contributed by atoms with Gasteiger partial charge in [-0.25, -0.2) is 0 Å². The fraction of sp³-hybridized carbons (Fsp3) is 0.381. The Kier molecular flexibility index (Phi) is 6.00. The molecule has 0 spiro atoms. The number of nitrogens with zero attached hydrogens (tertiary/aromatic N) is 3. The highest BCUT2D eigenvalue weighted by Crippen LogP contribution is 2.11. The molecule has 2 amide bonds. The van der Waals surface area contributed by atoms with Gasteiger partial charge in [0.15, 0.2) is 0 Å². The van der Waals surface area contributed by atoms with Gasteiger partial charge in [0.05, 0.1) is 0 Å². The van der Waals surface area contributed by atoms with Crippen molar-refractivity contribution >= 4 is 11.8 Å². The van der Waals surface area contributed by atoms with Gasteiger partial charge in [0.25, 0.3) is 5.91 Å². The van der Waals surface area contributed by atoms with E-state index in [-0.39, 0.29) is 11.8 Å². The molecule has 1 aromatic carbocycles. The Morgan fingerprint density at radius 1 is 0.923 bits per heavy atom. The predicted octanol–water partition coefficient (Wildman–Crippen LogP) is 2.56. The zero-order valence-corrected chi connectivity index (χ0v) is 15.2. The minimum Gasteiger partial charge on any atom is -0.339 e. The van der Waals surface area contributed by atoms with Crippen molar-refractivity contribution in [3.05, 3.63) is 65.5 Å². The summed E-state index contributed by atoms with van der Waals surface area (Å²) >= 11 is 0. The summed E-state index contributed by atoms with van der Waals surface area (Å²) in [5.74, 6) is 0.100. The minimum absolute atomic E-state index is 0.0614. The van der Waals surface area contributed by atoms with E-state index in [0.717, 1.165) is 12.8 Å². The lowest BCUT2D eigenvalue weighted by Gasteiger charge is -2.34. The van der Waals surface area contributed by atoms with Gasteiger partial charge in [0.1, 0.15) is 5.69 Å². The second-order valence-electron chi connectivity index (χ2n) is 6.56. The Bertz CT molecular complexity index is 736. The lowest BCUT2D eigenvalue weighted by atomic mass is 10.1. The number of hydrogen-bond donors (Lipinski definition) is 0. The lowest BCUT2D eigenvalue weighted by Crippen LogP contribution is -2.50. The van der Waals surface area contributed by atoms with Gasteiger partial charge < -0.3 is 9.80 Å². The molecule has 1 aliphatic heterocycles. The number of rotatable bonds is 5. The van der Waals surface area contributed by atoms with Gasteiger partial charge >= 0.3 is 0 Å². The van der Waals surface area contributed by atoms with E-state index in [1.165, 1.54) is 11.1 Å². The highest BCUT2D eigenvalue weighted by Gasteiger charge is 2.25. The van der Waals surface area contributed by atoms with Crippen LogP contribution in [0.25, 0.3) is 0 Å². The summed E-state index contributed by atoms with van der Waals surface area (Å²) in [5.41, 5.74) is 2.97. The van der Waals surface area contributed by atoms with Gasteiger partial charge in [-0.15, -0.1) is 0 Å². The number of benzene rings is 1. The van der Waals surface area contributed by atoms with Crippen LogP contribution in [0.15, 0.2) is 48.7 Å². The Balaban J connectivity index is 1.46. The molecular formula is C21H25N3O2. The molecule has 1 saturated heterocycles. The van der Waals surface area contributed by atoms with Crippen LogP contribution < -0.4 is 0 Å². The molecule has 2 aromatic rings. The molecular weight excluding hydrogens is 326 g/mol. The fourth-order valence-electron chi connectivity index (χ4n) is 3.16. The molecule has 0 aliphatic carbocycles. The van der Waals surface area contributed by atoms with Crippen LogP contribution in [0.1, 0.15) is 35.0 Å². The molecule has 1 aliphatic rings. The summed E-state index contributed by atoms with van der Waals surface area (Å²) in [6, 6.07) is 13.8. The van der Waals surface area contributed by atoms with Crippen molar-refractivity contribution in [1.29, 1.82) is 0 Å². The van der Waals surface area contributed by atoms with Crippen LogP contribution in [0.4, 0.5) is 0 Å². The Morgan fingerprint density at radius 2 is 1.58 bits per heavy atom. The average Bonchev–Trinajstić information content (AvgIpc) is 2.72. The van der Waals surface area contributed by atoms with Crippen molar-refractivity contribution in [2.75, 3.05) is 26.2 Å². The number of carbonyl (C=O) groups excluding carboxylic acids is 2. The first kappa shape index (κ1) is 18.1. The zero-order chi connectivity index (χ0) is 18.4. The summed E-state index contributed by atoms with van der Waals surface area (Å²) < 4.78 is 0. The monoisotopic (exact) mass is 351 g/mol. The maximum Gasteiger partial charge on any atom is 0.272 e. The van der Waals surface area contributed by atoms with Crippen molar-refractivity contribution < 1.29 is 9.59 Å². The molecule has 26 heavy (non-hydrogen) atoms. The van der Waals surface area contributed by atoms with Crippen LogP contribution >= 0.6 is 0 Å². The molecule has 2 heterocycles. The van der Waals surface area contributed by atoms with Crippen molar-refractivity contribution in [3.8, 4) is 0 Å². The summed E-state index contributed by atoms with van der Waals surface area (Å²) in [4.78, 5) is 32.6. The van der Waals surface area contributed by atoms with Crippen LogP contribution in [-0.2, 0) is 17.6 Å². The van der Waals surface area contributed by atoms with E-state index in [9.17, 15) is 9.59 Å². The van der Waals surface area contributed by atoms with Gasteiger partial charge in [-0.05, 0) is 36.1 Å². The number of hydrogen-bond acceptors (Lipinski definition) is 3. The SMILES string of the molecule is CCc1ccc(CCC(=O)N2CCN(C(=O)c3ccccn3)CC2)cc1. The van der Waals surface area contributed by atoms with E-state index in [0.29, 0.717) is 38.3 Å². The first-order valence-corrected chi connectivity index (χ1v) is 9.23. The van der Waals surface area contributed by atoms with E-state index in [1.807, 2.05) is 11.0 Å². The predicted molar refractivity (Wildman–Crippen MR) is 101 cm³/mol. The van der Waals surface area contributed by atoms with E-state index >= 15 is 0 Å². The standard InChI is InChI=1S/C21H25N3O2/c1-2-17-6-8-18(9-7-17)10-11-20(25)23-13-15-24(16-14-23)21(26)19-5-3-4-12-22-19/h3-9,12H,2,10-11,13-16H2,1H3. The third kappa shape index (κ3) is 4.48. The fourth-order valence-corrected chi connectivity index (χ4v) is 3.16. The Hall–Kier alpha value is -2.69. The number of aryl methyl sites for hydroxylation is 2. The van der Waals surface area contributed by atoms with Crippen LogP contribution in [0, 0.1) is 0 Å². The van der Waals surface area contributed by atoms with Crippen LogP contribution in [0.5, 0.6) is 0 Å². The van der Waals surface area contributed by atoms with Gasteiger partial charge in [0.2, 0.25) is 5.91 Å². The second kappa shape index (κ2) is 8.61. The molecule has 1 aromatic heterocycles. The number of piperazine rings is 1. The maximum absolute atomic E-state index is 12.5. The molecule has 0 saturated carbocycles. The Labute approximate surface area is 154 Å². The summed E-state index contributed by atoms with van der Waals surface area (Å²) in [5, 5.41) is 0.